The zero-order valence-corrected chi connectivity index (χ0v) is 13.0. The van der Waals surface area contributed by atoms with Gasteiger partial charge in [-0.2, -0.15) is 5.26 Å². The van der Waals surface area contributed by atoms with Crippen molar-refractivity contribution in [1.29, 1.82) is 0 Å². The monoisotopic (exact) mass is 319 g/mol. The molecule has 0 aromatic heterocycles. The molecule has 0 fully saturated rings. The molecule has 1 aromatic rings. The van der Waals surface area contributed by atoms with Gasteiger partial charge in [-0.25, -0.2) is 4.79 Å². The van der Waals surface area contributed by atoms with Crippen LogP contribution < -0.4 is 0 Å². The number of rotatable bonds is 9. The Morgan fingerprint density at radius 2 is 1.43 bits per heavy atom. The molecule has 0 atom stereocenters. The highest BCUT2D eigenvalue weighted by molar-refractivity contribution is 6.21. The number of unbranched alkanes of at least 4 members (excludes halogenated alkanes) is 5. The minimum atomic E-state index is -0.601. The first-order valence-corrected chi connectivity index (χ1v) is 7.94. The highest BCUT2D eigenvalue weighted by Crippen LogP contribution is 2.22. The molecule has 0 bridgehead atoms. The third kappa shape index (κ3) is 4.39. The fourth-order valence-corrected chi connectivity index (χ4v) is 2.73. The van der Waals surface area contributed by atoms with Crippen molar-refractivity contribution < 1.29 is 24.5 Å². The van der Waals surface area contributed by atoms with Crippen LogP contribution in [0.5, 0.6) is 0 Å². The molecule has 1 aliphatic rings. The summed E-state index contributed by atoms with van der Waals surface area (Å²) in [5.41, 5.74) is 0.988. The molecular formula is C17H21NO5. The van der Waals surface area contributed by atoms with Crippen molar-refractivity contribution >= 4 is 17.8 Å². The zero-order valence-electron chi connectivity index (χ0n) is 13.0. The van der Waals surface area contributed by atoms with Crippen LogP contribution in [0.4, 0.5) is 0 Å². The number of carbonyl (C=O) groups excluding carboxylic acids is 3. The Hall–Kier alpha value is -2.21. The number of hydrogen-bond donors (Lipinski definition) is 1. The average Bonchev–Trinajstić information content (AvgIpc) is 2.82. The third-order valence-electron chi connectivity index (χ3n) is 3.99. The first-order chi connectivity index (χ1) is 11.1. The minimum absolute atomic E-state index is 0.201. The second-order valence-corrected chi connectivity index (χ2v) is 5.64. The number of nitrogens with zero attached hydrogens (tertiary/aromatic N) is 1. The van der Waals surface area contributed by atoms with E-state index in [1.165, 1.54) is 4.90 Å². The van der Waals surface area contributed by atoms with E-state index < -0.39 is 5.97 Å². The van der Waals surface area contributed by atoms with Crippen LogP contribution in [0.25, 0.3) is 0 Å². The number of carbonyl (C=O) groups is 3. The molecule has 1 N–H and O–H groups in total. The maximum atomic E-state index is 12.1. The van der Waals surface area contributed by atoms with Crippen molar-refractivity contribution in [2.75, 3.05) is 6.54 Å². The molecular weight excluding hydrogens is 298 g/mol. The van der Waals surface area contributed by atoms with Crippen LogP contribution in [0.1, 0.15) is 65.7 Å². The Kier molecular flexibility index (Phi) is 6.29. The Labute approximate surface area is 135 Å². The van der Waals surface area contributed by atoms with Crippen LogP contribution in [0.3, 0.4) is 0 Å². The highest BCUT2D eigenvalue weighted by Gasteiger charge is 2.34. The molecule has 0 aliphatic carbocycles. The van der Waals surface area contributed by atoms with Gasteiger partial charge in [-0.05, 0) is 25.0 Å². The van der Waals surface area contributed by atoms with E-state index in [0.717, 1.165) is 32.1 Å². The molecule has 1 heterocycles. The van der Waals surface area contributed by atoms with Gasteiger partial charge in [0, 0.05) is 13.0 Å². The average molecular weight is 319 g/mol. The fourth-order valence-electron chi connectivity index (χ4n) is 2.73. The van der Waals surface area contributed by atoms with Crippen LogP contribution in [0.15, 0.2) is 24.3 Å². The molecule has 2 amide bonds. The summed E-state index contributed by atoms with van der Waals surface area (Å²) in [6.07, 6.45) is 5.48. The molecule has 0 unspecified atom stereocenters. The van der Waals surface area contributed by atoms with E-state index in [-0.39, 0.29) is 18.2 Å². The topological polar surface area (TPSA) is 83.9 Å². The van der Waals surface area contributed by atoms with Crippen LogP contribution in [0, 0.1) is 0 Å². The SMILES string of the molecule is O=C(CCCCCCCCN1C(=O)c2ccccc2C1=O)OO. The van der Waals surface area contributed by atoms with Crippen molar-refractivity contribution in [3.05, 3.63) is 35.4 Å². The summed E-state index contributed by atoms with van der Waals surface area (Å²) in [5, 5.41) is 8.11. The molecule has 2 rings (SSSR count). The molecule has 1 aliphatic heterocycles. The summed E-state index contributed by atoms with van der Waals surface area (Å²) in [6, 6.07) is 6.90. The van der Waals surface area contributed by atoms with E-state index >= 15 is 0 Å². The molecule has 0 radical (unpaired) electrons. The summed E-state index contributed by atoms with van der Waals surface area (Å²) < 4.78 is 0. The first kappa shape index (κ1) is 17.1. The van der Waals surface area contributed by atoms with Gasteiger partial charge in [-0.15, -0.1) is 0 Å². The van der Waals surface area contributed by atoms with Crippen molar-refractivity contribution in [1.82, 2.24) is 4.90 Å². The molecule has 0 spiro atoms. The summed E-state index contributed by atoms with van der Waals surface area (Å²) >= 11 is 0. The molecule has 1 aromatic carbocycles. The molecule has 124 valence electrons. The lowest BCUT2D eigenvalue weighted by Gasteiger charge is -2.13. The standard InChI is InChI=1S/C17H21NO5/c19-15(23-22)11-5-3-1-2-4-8-12-18-16(20)13-9-6-7-10-14(13)17(18)21/h6-7,9-10,22H,1-5,8,11-12H2. The Bertz CT molecular complexity index is 549. The van der Waals surface area contributed by atoms with Crippen molar-refractivity contribution in [3.63, 3.8) is 0 Å². The van der Waals surface area contributed by atoms with Gasteiger partial charge in [-0.1, -0.05) is 37.8 Å². The Morgan fingerprint density at radius 3 is 2.00 bits per heavy atom. The van der Waals surface area contributed by atoms with Gasteiger partial charge < -0.3 is 4.89 Å². The number of imide groups is 1. The smallest absolute Gasteiger partial charge is 0.301 e. The van der Waals surface area contributed by atoms with E-state index in [9.17, 15) is 14.4 Å². The van der Waals surface area contributed by atoms with Crippen molar-refractivity contribution in [2.45, 2.75) is 44.9 Å². The van der Waals surface area contributed by atoms with Gasteiger partial charge >= 0.3 is 5.97 Å². The minimum Gasteiger partial charge on any atom is -0.301 e. The number of fused-ring (bicyclic) bond motifs is 1. The zero-order chi connectivity index (χ0) is 16.7. The molecule has 0 saturated carbocycles. The van der Waals surface area contributed by atoms with E-state index in [2.05, 4.69) is 4.89 Å². The maximum Gasteiger partial charge on any atom is 0.342 e. The van der Waals surface area contributed by atoms with Gasteiger partial charge in [0.05, 0.1) is 11.1 Å². The Morgan fingerprint density at radius 1 is 0.913 bits per heavy atom. The largest absolute Gasteiger partial charge is 0.342 e. The number of benzene rings is 1. The van der Waals surface area contributed by atoms with Crippen molar-refractivity contribution in [2.24, 2.45) is 0 Å². The molecule has 6 heteroatoms. The normalized spacial score (nSPS) is 13.3. The van der Waals surface area contributed by atoms with Gasteiger partial charge in [0.15, 0.2) is 0 Å². The van der Waals surface area contributed by atoms with E-state index in [1.807, 2.05) is 0 Å². The summed E-state index contributed by atoms with van der Waals surface area (Å²) in [6.45, 7) is 0.448. The summed E-state index contributed by atoms with van der Waals surface area (Å²) in [5.74, 6) is -1.00. The van der Waals surface area contributed by atoms with Gasteiger partial charge in [0.25, 0.3) is 11.8 Å². The van der Waals surface area contributed by atoms with E-state index in [0.29, 0.717) is 24.1 Å². The van der Waals surface area contributed by atoms with Crippen LogP contribution in [-0.4, -0.2) is 34.5 Å². The van der Waals surface area contributed by atoms with Crippen LogP contribution in [-0.2, 0) is 9.68 Å². The molecule has 23 heavy (non-hydrogen) atoms. The predicted octanol–water partition coefficient (Wildman–Crippen LogP) is 3.03. The van der Waals surface area contributed by atoms with Crippen LogP contribution >= 0.6 is 0 Å². The van der Waals surface area contributed by atoms with Gasteiger partial charge in [0.2, 0.25) is 0 Å². The highest BCUT2D eigenvalue weighted by atomic mass is 17.1. The number of hydrogen-bond acceptors (Lipinski definition) is 5. The lowest BCUT2D eigenvalue weighted by atomic mass is 10.1. The summed E-state index contributed by atoms with van der Waals surface area (Å²) in [4.78, 5) is 39.9. The quantitative estimate of drug-likeness (QED) is 0.327. The van der Waals surface area contributed by atoms with Gasteiger partial charge in [0.1, 0.15) is 0 Å². The van der Waals surface area contributed by atoms with Gasteiger partial charge in [-0.3, -0.25) is 14.5 Å². The molecule has 6 nitrogen and oxygen atoms in total. The first-order valence-electron chi connectivity index (χ1n) is 7.94. The van der Waals surface area contributed by atoms with Crippen molar-refractivity contribution in [3.8, 4) is 0 Å². The number of amides is 2. The lowest BCUT2D eigenvalue weighted by Crippen LogP contribution is -2.30. The lowest BCUT2D eigenvalue weighted by molar-refractivity contribution is -0.234. The summed E-state index contributed by atoms with van der Waals surface area (Å²) in [7, 11) is 0. The second-order valence-electron chi connectivity index (χ2n) is 5.64. The fraction of sp³-hybridized carbons (Fsp3) is 0.471. The predicted molar refractivity (Wildman–Crippen MR) is 82.8 cm³/mol. The maximum absolute atomic E-state index is 12.1. The van der Waals surface area contributed by atoms with E-state index in [1.54, 1.807) is 24.3 Å². The second kappa shape index (κ2) is 8.43. The van der Waals surface area contributed by atoms with E-state index in [4.69, 9.17) is 5.26 Å². The third-order valence-corrected chi connectivity index (χ3v) is 3.99. The Balaban J connectivity index is 1.62. The molecule has 0 saturated heterocycles. The van der Waals surface area contributed by atoms with Crippen LogP contribution in [0.2, 0.25) is 0 Å².